The van der Waals surface area contributed by atoms with Crippen molar-refractivity contribution >= 4 is 17.7 Å². The minimum Gasteiger partial charge on any atom is -0.340 e. The van der Waals surface area contributed by atoms with E-state index in [1.807, 2.05) is 0 Å². The summed E-state index contributed by atoms with van der Waals surface area (Å²) in [5, 5.41) is 2.78. The summed E-state index contributed by atoms with van der Waals surface area (Å²) in [5.74, 6) is -0.929. The smallest absolute Gasteiger partial charge is 0.236 e. The highest BCUT2D eigenvalue weighted by Crippen LogP contribution is 2.33. The number of fused-ring (bicyclic) bond motifs is 1. The van der Waals surface area contributed by atoms with Gasteiger partial charge in [-0.3, -0.25) is 19.3 Å². The fourth-order valence-electron chi connectivity index (χ4n) is 2.59. The first-order valence-corrected chi connectivity index (χ1v) is 5.87. The van der Waals surface area contributed by atoms with E-state index in [2.05, 4.69) is 5.32 Å². The Labute approximate surface area is 99.9 Å². The molecule has 0 saturated carbocycles. The standard InChI is InChI=1S/C11H17N3O3/c1-3-14-10(16)7-5-13(9(15)4-12-2)6-8(7)11(14)17/h7-8,12H,3-6H2,1-2H3/t7-,8-/m0/s1. The number of carbonyl (C=O) groups is 3. The number of nitrogens with one attached hydrogen (secondary N) is 1. The van der Waals surface area contributed by atoms with Crippen LogP contribution in [-0.2, 0) is 14.4 Å². The Balaban J connectivity index is 2.07. The summed E-state index contributed by atoms with van der Waals surface area (Å²) in [5.41, 5.74) is 0. The minimum absolute atomic E-state index is 0.0504. The maximum atomic E-state index is 11.9. The SMILES string of the molecule is CCN1C(=O)[C@H]2CN(C(=O)CNC)C[C@@H]2C1=O. The first-order chi connectivity index (χ1) is 8.10. The molecule has 2 rings (SSSR count). The van der Waals surface area contributed by atoms with Crippen molar-refractivity contribution in [3.8, 4) is 0 Å². The lowest BCUT2D eigenvalue weighted by Crippen LogP contribution is -2.40. The van der Waals surface area contributed by atoms with Crippen molar-refractivity contribution in [1.82, 2.24) is 15.1 Å². The molecule has 2 heterocycles. The van der Waals surface area contributed by atoms with Crippen LogP contribution in [0, 0.1) is 11.8 Å². The normalized spacial score (nSPS) is 27.9. The Hall–Kier alpha value is -1.43. The van der Waals surface area contributed by atoms with Gasteiger partial charge < -0.3 is 10.2 Å². The van der Waals surface area contributed by atoms with E-state index in [4.69, 9.17) is 0 Å². The summed E-state index contributed by atoms with van der Waals surface area (Å²) in [6.07, 6.45) is 0. The fraction of sp³-hybridized carbons (Fsp3) is 0.727. The molecule has 0 aromatic heterocycles. The first kappa shape index (κ1) is 12.0. The van der Waals surface area contributed by atoms with Crippen LogP contribution in [0.3, 0.4) is 0 Å². The molecule has 6 nitrogen and oxygen atoms in total. The van der Waals surface area contributed by atoms with Gasteiger partial charge in [-0.05, 0) is 14.0 Å². The Morgan fingerprint density at radius 3 is 2.24 bits per heavy atom. The summed E-state index contributed by atoms with van der Waals surface area (Å²) < 4.78 is 0. The van der Waals surface area contributed by atoms with E-state index in [0.717, 1.165) is 0 Å². The lowest BCUT2D eigenvalue weighted by Gasteiger charge is -2.19. The molecule has 0 radical (unpaired) electrons. The van der Waals surface area contributed by atoms with E-state index >= 15 is 0 Å². The summed E-state index contributed by atoms with van der Waals surface area (Å²) in [4.78, 5) is 38.4. The van der Waals surface area contributed by atoms with Crippen molar-refractivity contribution < 1.29 is 14.4 Å². The number of likely N-dealkylation sites (tertiary alicyclic amines) is 2. The van der Waals surface area contributed by atoms with Crippen molar-refractivity contribution in [3.63, 3.8) is 0 Å². The number of nitrogens with zero attached hydrogens (tertiary/aromatic N) is 2. The number of rotatable bonds is 3. The monoisotopic (exact) mass is 239 g/mol. The molecule has 3 amide bonds. The van der Waals surface area contributed by atoms with Crippen molar-refractivity contribution in [3.05, 3.63) is 0 Å². The van der Waals surface area contributed by atoms with Gasteiger partial charge in [0.05, 0.1) is 18.4 Å². The van der Waals surface area contributed by atoms with E-state index < -0.39 is 0 Å². The van der Waals surface area contributed by atoms with E-state index in [-0.39, 0.29) is 36.1 Å². The molecule has 94 valence electrons. The molecular formula is C11H17N3O3. The van der Waals surface area contributed by atoms with Crippen LogP contribution >= 0.6 is 0 Å². The van der Waals surface area contributed by atoms with Gasteiger partial charge in [0, 0.05) is 19.6 Å². The lowest BCUT2D eigenvalue weighted by molar-refractivity contribution is -0.140. The Bertz CT molecular complexity index is 345. The average molecular weight is 239 g/mol. The van der Waals surface area contributed by atoms with Gasteiger partial charge in [0.15, 0.2) is 0 Å². The van der Waals surface area contributed by atoms with Gasteiger partial charge in [0.25, 0.3) is 0 Å². The second-order valence-corrected chi connectivity index (χ2v) is 4.46. The number of hydrogen-bond donors (Lipinski definition) is 1. The lowest BCUT2D eigenvalue weighted by atomic mass is 10.00. The molecule has 0 aromatic rings. The van der Waals surface area contributed by atoms with Gasteiger partial charge in [-0.15, -0.1) is 0 Å². The van der Waals surface area contributed by atoms with Gasteiger partial charge >= 0.3 is 0 Å². The zero-order valence-corrected chi connectivity index (χ0v) is 10.1. The van der Waals surface area contributed by atoms with Gasteiger partial charge in [0.1, 0.15) is 0 Å². The largest absolute Gasteiger partial charge is 0.340 e. The Kier molecular flexibility index (Phi) is 3.15. The molecule has 17 heavy (non-hydrogen) atoms. The number of hydrogen-bond acceptors (Lipinski definition) is 4. The quantitative estimate of drug-likeness (QED) is 0.619. The number of amides is 3. The second kappa shape index (κ2) is 4.44. The van der Waals surface area contributed by atoms with Crippen LogP contribution in [0.5, 0.6) is 0 Å². The van der Waals surface area contributed by atoms with Crippen LogP contribution in [0.1, 0.15) is 6.92 Å². The maximum absolute atomic E-state index is 11.9. The van der Waals surface area contributed by atoms with Crippen LogP contribution in [0.4, 0.5) is 0 Å². The summed E-state index contributed by atoms with van der Waals surface area (Å²) in [6.45, 7) is 3.23. The minimum atomic E-state index is -0.316. The summed E-state index contributed by atoms with van der Waals surface area (Å²) in [6, 6.07) is 0. The average Bonchev–Trinajstić information content (AvgIpc) is 2.81. The third-order valence-corrected chi connectivity index (χ3v) is 3.48. The third-order valence-electron chi connectivity index (χ3n) is 3.48. The van der Waals surface area contributed by atoms with Crippen molar-refractivity contribution in [2.75, 3.05) is 33.2 Å². The zero-order valence-electron chi connectivity index (χ0n) is 10.1. The molecule has 0 bridgehead atoms. The topological polar surface area (TPSA) is 69.7 Å². The highest BCUT2D eigenvalue weighted by atomic mass is 16.2. The number of carbonyl (C=O) groups excluding carboxylic acids is 3. The molecular weight excluding hydrogens is 222 g/mol. The van der Waals surface area contributed by atoms with Crippen molar-refractivity contribution in [2.45, 2.75) is 6.92 Å². The van der Waals surface area contributed by atoms with Crippen LogP contribution in [0.25, 0.3) is 0 Å². The molecule has 2 fully saturated rings. The fourth-order valence-corrected chi connectivity index (χ4v) is 2.59. The molecule has 0 spiro atoms. The third kappa shape index (κ3) is 1.82. The van der Waals surface area contributed by atoms with E-state index in [0.29, 0.717) is 19.6 Å². The molecule has 0 aromatic carbocycles. The molecule has 2 aliphatic rings. The second-order valence-electron chi connectivity index (χ2n) is 4.46. The zero-order chi connectivity index (χ0) is 12.6. The molecule has 0 unspecified atom stereocenters. The Morgan fingerprint density at radius 2 is 1.82 bits per heavy atom. The molecule has 6 heteroatoms. The van der Waals surface area contributed by atoms with Gasteiger partial charge in [0.2, 0.25) is 17.7 Å². The number of likely N-dealkylation sites (N-methyl/N-ethyl adjacent to an activating group) is 1. The summed E-state index contributed by atoms with van der Waals surface area (Å²) in [7, 11) is 1.70. The van der Waals surface area contributed by atoms with E-state index in [9.17, 15) is 14.4 Å². The van der Waals surface area contributed by atoms with Crippen molar-refractivity contribution in [1.29, 1.82) is 0 Å². The molecule has 2 atom stereocenters. The van der Waals surface area contributed by atoms with Gasteiger partial charge in [-0.25, -0.2) is 0 Å². The molecule has 0 aliphatic carbocycles. The summed E-state index contributed by atoms with van der Waals surface area (Å²) >= 11 is 0. The first-order valence-electron chi connectivity index (χ1n) is 5.87. The van der Waals surface area contributed by atoms with Crippen LogP contribution < -0.4 is 5.32 Å². The van der Waals surface area contributed by atoms with Crippen LogP contribution in [0.2, 0.25) is 0 Å². The number of imide groups is 1. The van der Waals surface area contributed by atoms with E-state index in [1.165, 1.54) is 4.90 Å². The highest BCUT2D eigenvalue weighted by molar-refractivity contribution is 6.06. The van der Waals surface area contributed by atoms with E-state index in [1.54, 1.807) is 18.9 Å². The maximum Gasteiger partial charge on any atom is 0.236 e. The molecule has 2 aliphatic heterocycles. The predicted molar refractivity (Wildman–Crippen MR) is 59.9 cm³/mol. The van der Waals surface area contributed by atoms with Crippen molar-refractivity contribution in [2.24, 2.45) is 11.8 Å². The highest BCUT2D eigenvalue weighted by Gasteiger charge is 2.52. The van der Waals surface area contributed by atoms with Gasteiger partial charge in [-0.1, -0.05) is 0 Å². The predicted octanol–water partition coefficient (Wildman–Crippen LogP) is -1.33. The van der Waals surface area contributed by atoms with Gasteiger partial charge in [-0.2, -0.15) is 0 Å². The van der Waals surface area contributed by atoms with Crippen LogP contribution in [-0.4, -0.2) is 60.7 Å². The Morgan fingerprint density at radius 1 is 1.29 bits per heavy atom. The van der Waals surface area contributed by atoms with Crippen LogP contribution in [0.15, 0.2) is 0 Å². The molecule has 2 saturated heterocycles. The molecule has 1 N–H and O–H groups in total.